The summed E-state index contributed by atoms with van der Waals surface area (Å²) in [5, 5.41) is 1.98. The maximum Gasteiger partial charge on any atom is 0.232 e. The number of hydrogen-bond donors (Lipinski definition) is 0. The highest BCUT2D eigenvalue weighted by Crippen LogP contribution is 2.43. The molecule has 0 spiro atoms. The van der Waals surface area contributed by atoms with Crippen LogP contribution in [-0.4, -0.2) is 43.4 Å². The molecular weight excluding hydrogens is 398 g/mol. The van der Waals surface area contributed by atoms with E-state index >= 15 is 0 Å². The first kappa shape index (κ1) is 17.9. The number of ketones is 1. The summed E-state index contributed by atoms with van der Waals surface area (Å²) in [5.41, 5.74) is 2.44. The minimum Gasteiger partial charge on any atom is -0.478 e. The lowest BCUT2D eigenvalue weighted by Gasteiger charge is -2.33. The van der Waals surface area contributed by atoms with Gasteiger partial charge in [-0.1, -0.05) is 0 Å². The average molecular weight is 418 g/mol. The molecule has 5 rings (SSSR count). The highest BCUT2D eigenvalue weighted by molar-refractivity contribution is 7.91. The Labute approximate surface area is 167 Å². The van der Waals surface area contributed by atoms with Gasteiger partial charge in [0.05, 0.1) is 22.6 Å². The largest absolute Gasteiger partial charge is 0.478 e. The van der Waals surface area contributed by atoms with Crippen molar-refractivity contribution in [3.63, 3.8) is 0 Å². The molecular formula is C20H19NO5S2. The molecule has 8 heteroatoms. The van der Waals surface area contributed by atoms with E-state index in [4.69, 9.17) is 9.47 Å². The quantitative estimate of drug-likeness (QED) is 0.700. The Kier molecular flexibility index (Phi) is 4.12. The van der Waals surface area contributed by atoms with Crippen LogP contribution >= 0.6 is 11.3 Å². The molecule has 3 aliphatic heterocycles. The van der Waals surface area contributed by atoms with Crippen LogP contribution in [0.15, 0.2) is 29.3 Å². The second-order valence-electron chi connectivity index (χ2n) is 7.40. The Morgan fingerprint density at radius 2 is 2.14 bits per heavy atom. The van der Waals surface area contributed by atoms with Gasteiger partial charge in [-0.05, 0) is 42.5 Å². The molecule has 0 amide bonds. The third kappa shape index (κ3) is 2.96. The first-order valence-electron chi connectivity index (χ1n) is 9.13. The SMILES string of the molecule is Cc1ccsc1/C=C1/Oc2c(ccc3c2CN(C2CCS(=O)(=O)C2)CO3)C1=O. The Morgan fingerprint density at radius 1 is 1.29 bits per heavy atom. The van der Waals surface area contributed by atoms with Crippen LogP contribution in [0.3, 0.4) is 0 Å². The number of aryl methyl sites for hydroxylation is 1. The zero-order valence-corrected chi connectivity index (χ0v) is 16.9. The molecule has 3 aliphatic rings. The molecule has 1 aromatic heterocycles. The van der Waals surface area contributed by atoms with Gasteiger partial charge >= 0.3 is 0 Å². The number of nitrogens with zero attached hydrogens (tertiary/aromatic N) is 1. The van der Waals surface area contributed by atoms with Crippen molar-refractivity contribution in [3.05, 3.63) is 50.9 Å². The third-order valence-electron chi connectivity index (χ3n) is 5.53. The van der Waals surface area contributed by atoms with Crippen molar-refractivity contribution in [3.8, 4) is 11.5 Å². The minimum absolute atomic E-state index is 0.0603. The topological polar surface area (TPSA) is 72.9 Å². The van der Waals surface area contributed by atoms with Crippen molar-refractivity contribution in [1.29, 1.82) is 0 Å². The van der Waals surface area contributed by atoms with Crippen molar-refractivity contribution in [1.82, 2.24) is 4.90 Å². The number of carbonyl (C=O) groups is 1. The number of thiophene rings is 1. The predicted octanol–water partition coefficient (Wildman–Crippen LogP) is 3.01. The maximum atomic E-state index is 12.8. The second-order valence-corrected chi connectivity index (χ2v) is 10.6. The van der Waals surface area contributed by atoms with E-state index in [1.807, 2.05) is 23.3 Å². The van der Waals surface area contributed by atoms with Gasteiger partial charge in [-0.25, -0.2) is 8.42 Å². The predicted molar refractivity (Wildman–Crippen MR) is 107 cm³/mol. The summed E-state index contributed by atoms with van der Waals surface area (Å²) >= 11 is 1.56. The molecule has 1 saturated heterocycles. The van der Waals surface area contributed by atoms with Crippen LogP contribution in [0.5, 0.6) is 11.5 Å². The molecule has 1 fully saturated rings. The number of fused-ring (bicyclic) bond motifs is 3. The Bertz CT molecular complexity index is 1120. The minimum atomic E-state index is -2.97. The van der Waals surface area contributed by atoms with Crippen LogP contribution in [0.4, 0.5) is 0 Å². The zero-order chi connectivity index (χ0) is 19.5. The standard InChI is InChI=1S/C20H19NO5S2/c1-12-4-6-27-18(12)8-17-19(22)14-2-3-16-15(20(14)26-17)9-21(11-25-16)13-5-7-28(23,24)10-13/h2-4,6,8,13H,5,7,9-11H2,1H3/b17-8+. The van der Waals surface area contributed by atoms with Crippen molar-refractivity contribution in [2.75, 3.05) is 18.2 Å². The van der Waals surface area contributed by atoms with Gasteiger partial charge in [0.25, 0.3) is 0 Å². The molecule has 1 unspecified atom stereocenters. The number of benzene rings is 1. The summed E-state index contributed by atoms with van der Waals surface area (Å²) in [6.45, 7) is 2.85. The van der Waals surface area contributed by atoms with Crippen LogP contribution in [0.1, 0.15) is 32.8 Å². The van der Waals surface area contributed by atoms with Gasteiger partial charge in [0.1, 0.15) is 18.2 Å². The highest BCUT2D eigenvalue weighted by Gasteiger charge is 2.38. The summed E-state index contributed by atoms with van der Waals surface area (Å²) < 4.78 is 35.5. The maximum absolute atomic E-state index is 12.8. The van der Waals surface area contributed by atoms with E-state index in [-0.39, 0.29) is 23.3 Å². The van der Waals surface area contributed by atoms with Gasteiger partial charge in [-0.2, -0.15) is 0 Å². The normalized spacial score (nSPS) is 24.7. The lowest BCUT2D eigenvalue weighted by Crippen LogP contribution is -2.41. The van der Waals surface area contributed by atoms with Crippen LogP contribution in [-0.2, 0) is 16.4 Å². The number of carbonyl (C=O) groups excluding carboxylic acids is 1. The number of hydrogen-bond acceptors (Lipinski definition) is 7. The van der Waals surface area contributed by atoms with Crippen LogP contribution in [0, 0.1) is 6.92 Å². The molecule has 28 heavy (non-hydrogen) atoms. The number of rotatable bonds is 2. The van der Waals surface area contributed by atoms with Gasteiger partial charge in [0.15, 0.2) is 15.6 Å². The summed E-state index contributed by atoms with van der Waals surface area (Å²) in [7, 11) is -2.97. The number of Topliss-reactive ketones (excluding diaryl/α,β-unsaturated/α-hetero) is 1. The number of sulfone groups is 1. The Morgan fingerprint density at radius 3 is 2.86 bits per heavy atom. The Hall–Kier alpha value is -2.16. The van der Waals surface area contributed by atoms with Gasteiger partial charge in [-0.3, -0.25) is 9.69 Å². The average Bonchev–Trinajstić information content (AvgIpc) is 3.33. The molecule has 146 valence electrons. The fourth-order valence-corrected chi connectivity index (χ4v) is 6.53. The van der Waals surface area contributed by atoms with Crippen molar-refractivity contribution in [2.24, 2.45) is 0 Å². The molecule has 6 nitrogen and oxygen atoms in total. The van der Waals surface area contributed by atoms with Gasteiger partial charge in [0, 0.05) is 23.5 Å². The van der Waals surface area contributed by atoms with Crippen molar-refractivity contribution in [2.45, 2.75) is 25.9 Å². The van der Waals surface area contributed by atoms with Crippen molar-refractivity contribution < 1.29 is 22.7 Å². The Balaban J connectivity index is 1.46. The number of allylic oxidation sites excluding steroid dienone is 1. The summed E-state index contributed by atoms with van der Waals surface area (Å²) in [6.07, 6.45) is 2.40. The second kappa shape index (κ2) is 6.43. The van der Waals surface area contributed by atoms with Gasteiger partial charge in [0.2, 0.25) is 5.78 Å². The van der Waals surface area contributed by atoms with E-state index in [1.54, 1.807) is 29.5 Å². The lowest BCUT2D eigenvalue weighted by atomic mass is 10.0. The van der Waals surface area contributed by atoms with E-state index < -0.39 is 9.84 Å². The zero-order valence-electron chi connectivity index (χ0n) is 15.3. The number of ether oxygens (including phenoxy) is 2. The first-order chi connectivity index (χ1) is 13.4. The molecule has 0 aliphatic carbocycles. The smallest absolute Gasteiger partial charge is 0.232 e. The van der Waals surface area contributed by atoms with Gasteiger partial charge in [-0.15, -0.1) is 11.3 Å². The van der Waals surface area contributed by atoms with Gasteiger partial charge < -0.3 is 9.47 Å². The fraction of sp³-hybridized carbons (Fsp3) is 0.350. The first-order valence-corrected chi connectivity index (χ1v) is 11.8. The summed E-state index contributed by atoms with van der Waals surface area (Å²) in [5.74, 6) is 1.78. The van der Waals surface area contributed by atoms with E-state index in [0.29, 0.717) is 42.5 Å². The summed E-state index contributed by atoms with van der Waals surface area (Å²) in [6, 6.07) is 5.49. The van der Waals surface area contributed by atoms with Crippen LogP contribution < -0.4 is 9.47 Å². The molecule has 0 radical (unpaired) electrons. The van der Waals surface area contributed by atoms with Crippen LogP contribution in [0.25, 0.3) is 6.08 Å². The van der Waals surface area contributed by atoms with E-state index in [0.717, 1.165) is 16.0 Å². The lowest BCUT2D eigenvalue weighted by molar-refractivity contribution is 0.0634. The van der Waals surface area contributed by atoms with E-state index in [1.165, 1.54) is 0 Å². The van der Waals surface area contributed by atoms with Crippen molar-refractivity contribution >= 4 is 33.0 Å². The third-order valence-corrected chi connectivity index (χ3v) is 8.25. The highest BCUT2D eigenvalue weighted by atomic mass is 32.2. The molecule has 0 saturated carbocycles. The molecule has 4 heterocycles. The molecule has 0 N–H and O–H groups in total. The fourth-order valence-electron chi connectivity index (χ4n) is 3.92. The summed E-state index contributed by atoms with van der Waals surface area (Å²) in [4.78, 5) is 15.8. The monoisotopic (exact) mass is 417 g/mol. The van der Waals surface area contributed by atoms with E-state index in [9.17, 15) is 13.2 Å². The van der Waals surface area contributed by atoms with Crippen LogP contribution in [0.2, 0.25) is 0 Å². The van der Waals surface area contributed by atoms with E-state index in [2.05, 4.69) is 0 Å². The molecule has 0 bridgehead atoms. The molecule has 1 atom stereocenters. The molecule has 2 aromatic rings. The molecule has 1 aromatic carbocycles.